The molecule has 0 bridgehead atoms. The highest BCUT2D eigenvalue weighted by atomic mass is 16.5. The van der Waals surface area contributed by atoms with Crippen molar-refractivity contribution in [3.8, 4) is 0 Å². The maximum atomic E-state index is 11.4. The Balaban J connectivity index is 2.45. The Morgan fingerprint density at radius 1 is 1.22 bits per heavy atom. The van der Waals surface area contributed by atoms with Crippen LogP contribution in [0.3, 0.4) is 0 Å². The van der Waals surface area contributed by atoms with Crippen molar-refractivity contribution in [2.75, 3.05) is 12.4 Å². The fourth-order valence-corrected chi connectivity index (χ4v) is 1.46. The molecule has 1 amide bonds. The first-order chi connectivity index (χ1) is 8.61. The lowest BCUT2D eigenvalue weighted by molar-refractivity contribution is -0.150. The minimum absolute atomic E-state index is 0.210. The van der Waals surface area contributed by atoms with Gasteiger partial charge in [-0.1, -0.05) is 12.1 Å². The maximum Gasteiger partial charge on any atom is 0.396 e. The number of benzene rings is 1. The number of methoxy groups -OCH3 is 1. The average Bonchev–Trinajstić information content (AvgIpc) is 2.38. The van der Waals surface area contributed by atoms with Crippen LogP contribution in [0.15, 0.2) is 39.5 Å². The zero-order valence-electron chi connectivity index (χ0n) is 9.43. The Hall–Kier alpha value is -2.63. The third-order valence-electron chi connectivity index (χ3n) is 2.27. The number of carbonyl (C=O) groups is 2. The molecular formula is C12H9NO5. The van der Waals surface area contributed by atoms with E-state index < -0.39 is 17.5 Å². The standard InChI is InChI=1S/C12H9NO5/c1-17-12(16)11(15)13-8-4-2-3-7-5-6-9(14)18-10(7)8/h2-6H,1H3,(H,13,15). The van der Waals surface area contributed by atoms with E-state index in [1.165, 1.54) is 12.1 Å². The molecule has 0 atom stereocenters. The number of hydrogen-bond acceptors (Lipinski definition) is 5. The minimum Gasteiger partial charge on any atom is -0.462 e. The van der Waals surface area contributed by atoms with Crippen LogP contribution in [0.5, 0.6) is 0 Å². The van der Waals surface area contributed by atoms with Crippen molar-refractivity contribution in [2.45, 2.75) is 0 Å². The molecule has 2 aromatic rings. The van der Waals surface area contributed by atoms with Gasteiger partial charge < -0.3 is 14.5 Å². The summed E-state index contributed by atoms with van der Waals surface area (Å²) in [6.07, 6.45) is 0. The highest BCUT2D eigenvalue weighted by Crippen LogP contribution is 2.21. The largest absolute Gasteiger partial charge is 0.462 e. The third kappa shape index (κ3) is 2.22. The second-order valence-corrected chi connectivity index (χ2v) is 3.42. The summed E-state index contributed by atoms with van der Waals surface area (Å²) in [6.45, 7) is 0. The second-order valence-electron chi connectivity index (χ2n) is 3.42. The lowest BCUT2D eigenvalue weighted by Gasteiger charge is -2.05. The molecule has 0 aliphatic rings. The van der Waals surface area contributed by atoms with Crippen molar-refractivity contribution in [3.63, 3.8) is 0 Å². The van der Waals surface area contributed by atoms with Crippen LogP contribution in [-0.2, 0) is 14.3 Å². The first kappa shape index (κ1) is 11.8. The predicted molar refractivity (Wildman–Crippen MR) is 63.1 cm³/mol. The molecule has 0 aliphatic heterocycles. The summed E-state index contributed by atoms with van der Waals surface area (Å²) in [7, 11) is 1.10. The molecule has 1 aromatic carbocycles. The molecule has 1 N–H and O–H groups in total. The van der Waals surface area contributed by atoms with Gasteiger partial charge in [0.2, 0.25) is 0 Å². The molecule has 0 radical (unpaired) electrons. The fraction of sp³-hybridized carbons (Fsp3) is 0.0833. The molecule has 0 aliphatic carbocycles. The van der Waals surface area contributed by atoms with Crippen LogP contribution in [-0.4, -0.2) is 19.0 Å². The molecule has 1 aromatic heterocycles. The first-order valence-corrected chi connectivity index (χ1v) is 5.04. The number of carbonyl (C=O) groups excluding carboxylic acids is 2. The number of hydrogen-bond donors (Lipinski definition) is 1. The van der Waals surface area contributed by atoms with Crippen LogP contribution in [0.4, 0.5) is 5.69 Å². The summed E-state index contributed by atoms with van der Waals surface area (Å²) >= 11 is 0. The van der Waals surface area contributed by atoms with Gasteiger partial charge >= 0.3 is 17.5 Å². The average molecular weight is 247 g/mol. The Labute approximate surface area is 101 Å². The van der Waals surface area contributed by atoms with Gasteiger partial charge in [0.1, 0.15) is 0 Å². The van der Waals surface area contributed by atoms with Gasteiger partial charge in [-0.2, -0.15) is 0 Å². The molecule has 6 nitrogen and oxygen atoms in total. The lowest BCUT2D eigenvalue weighted by atomic mass is 10.2. The summed E-state index contributed by atoms with van der Waals surface area (Å²) in [5.74, 6) is -1.96. The van der Waals surface area contributed by atoms with E-state index in [1.54, 1.807) is 18.2 Å². The van der Waals surface area contributed by atoms with Crippen LogP contribution in [0.1, 0.15) is 0 Å². The number of ether oxygens (including phenoxy) is 1. The lowest BCUT2D eigenvalue weighted by Crippen LogP contribution is -2.24. The van der Waals surface area contributed by atoms with Crippen molar-refractivity contribution in [1.82, 2.24) is 0 Å². The van der Waals surface area contributed by atoms with E-state index in [4.69, 9.17) is 4.42 Å². The number of amides is 1. The molecular weight excluding hydrogens is 238 g/mol. The molecule has 0 saturated heterocycles. The molecule has 2 rings (SSSR count). The van der Waals surface area contributed by atoms with Crippen molar-refractivity contribution >= 4 is 28.5 Å². The zero-order chi connectivity index (χ0) is 13.1. The monoisotopic (exact) mass is 247 g/mol. The predicted octanol–water partition coefficient (Wildman–Crippen LogP) is 0.904. The molecule has 0 spiro atoms. The first-order valence-electron chi connectivity index (χ1n) is 5.04. The van der Waals surface area contributed by atoms with E-state index in [2.05, 4.69) is 10.1 Å². The molecule has 1 heterocycles. The van der Waals surface area contributed by atoms with E-state index in [1.807, 2.05) is 0 Å². The van der Waals surface area contributed by atoms with Crippen molar-refractivity contribution in [3.05, 3.63) is 40.8 Å². The molecule has 0 fully saturated rings. The van der Waals surface area contributed by atoms with Gasteiger partial charge in [-0.3, -0.25) is 4.79 Å². The summed E-state index contributed by atoms with van der Waals surface area (Å²) in [5, 5.41) is 2.95. The molecule has 18 heavy (non-hydrogen) atoms. The molecule has 0 saturated carbocycles. The Kier molecular flexibility index (Phi) is 3.09. The van der Waals surface area contributed by atoms with Crippen molar-refractivity contribution < 1.29 is 18.7 Å². The number of nitrogens with one attached hydrogen (secondary N) is 1. The highest BCUT2D eigenvalue weighted by Gasteiger charge is 2.15. The summed E-state index contributed by atoms with van der Waals surface area (Å²) < 4.78 is 9.26. The number of fused-ring (bicyclic) bond motifs is 1. The highest BCUT2D eigenvalue weighted by molar-refractivity contribution is 6.37. The second kappa shape index (κ2) is 4.70. The molecule has 0 unspecified atom stereocenters. The quantitative estimate of drug-likeness (QED) is 0.459. The summed E-state index contributed by atoms with van der Waals surface area (Å²) in [5.41, 5.74) is -0.0925. The van der Waals surface area contributed by atoms with E-state index in [0.717, 1.165) is 7.11 Å². The number of esters is 1. The Bertz CT molecular complexity index is 673. The normalized spacial score (nSPS) is 10.1. The van der Waals surface area contributed by atoms with Crippen molar-refractivity contribution in [2.24, 2.45) is 0 Å². The Morgan fingerprint density at radius 2 is 2.00 bits per heavy atom. The maximum absolute atomic E-state index is 11.4. The van der Waals surface area contributed by atoms with E-state index in [9.17, 15) is 14.4 Å². The van der Waals surface area contributed by atoms with Crippen LogP contribution < -0.4 is 10.9 Å². The van der Waals surface area contributed by atoms with Gasteiger partial charge in [-0.25, -0.2) is 9.59 Å². The van der Waals surface area contributed by atoms with E-state index >= 15 is 0 Å². The SMILES string of the molecule is COC(=O)C(=O)Nc1cccc2ccc(=O)oc12. The van der Waals surface area contributed by atoms with Crippen LogP contribution in [0.25, 0.3) is 11.0 Å². The summed E-state index contributed by atoms with van der Waals surface area (Å²) in [6, 6.07) is 7.73. The van der Waals surface area contributed by atoms with Gasteiger partial charge in [0, 0.05) is 11.5 Å². The third-order valence-corrected chi connectivity index (χ3v) is 2.27. The van der Waals surface area contributed by atoms with Crippen LogP contribution >= 0.6 is 0 Å². The van der Waals surface area contributed by atoms with E-state index in [0.29, 0.717) is 5.39 Å². The molecule has 92 valence electrons. The fourth-order valence-electron chi connectivity index (χ4n) is 1.46. The van der Waals surface area contributed by atoms with E-state index in [-0.39, 0.29) is 11.3 Å². The van der Waals surface area contributed by atoms with Gasteiger partial charge in [0.05, 0.1) is 12.8 Å². The number of para-hydroxylation sites is 1. The zero-order valence-corrected chi connectivity index (χ0v) is 9.43. The van der Waals surface area contributed by atoms with Crippen LogP contribution in [0.2, 0.25) is 0 Å². The molecule has 6 heteroatoms. The smallest absolute Gasteiger partial charge is 0.396 e. The van der Waals surface area contributed by atoms with Gasteiger partial charge in [-0.15, -0.1) is 0 Å². The minimum atomic E-state index is -1.02. The Morgan fingerprint density at radius 3 is 2.72 bits per heavy atom. The summed E-state index contributed by atoms with van der Waals surface area (Å²) in [4.78, 5) is 33.5. The van der Waals surface area contributed by atoms with Gasteiger partial charge in [0.25, 0.3) is 0 Å². The number of rotatable bonds is 1. The van der Waals surface area contributed by atoms with Gasteiger partial charge in [-0.05, 0) is 12.1 Å². The topological polar surface area (TPSA) is 85.6 Å². The number of anilines is 1. The van der Waals surface area contributed by atoms with Gasteiger partial charge in [0.15, 0.2) is 5.58 Å². The van der Waals surface area contributed by atoms with Crippen LogP contribution in [0, 0.1) is 0 Å². The van der Waals surface area contributed by atoms with Crippen molar-refractivity contribution in [1.29, 1.82) is 0 Å².